The normalized spacial score (nSPS) is 10.4. The molecule has 2 aromatic heterocycles. The summed E-state index contributed by atoms with van der Waals surface area (Å²) >= 11 is 0. The molecule has 0 spiro atoms. The number of nitrogens with zero attached hydrogens (tertiary/aromatic N) is 4. The van der Waals surface area contributed by atoms with Crippen LogP contribution in [0.4, 0.5) is 11.5 Å². The number of pyridine rings is 2. The highest BCUT2D eigenvalue weighted by atomic mass is 16.6. The SMILES string of the molecule is COc1ccc(/C=N/Nc2ccc([N+](=O)[O-])cn2)nc1. The fraction of sp³-hybridized carbons (Fsp3) is 0.0833. The molecule has 0 fully saturated rings. The fourth-order valence-electron chi connectivity index (χ4n) is 1.31. The Hall–Kier alpha value is -3.03. The minimum atomic E-state index is -0.513. The van der Waals surface area contributed by atoms with Gasteiger partial charge in [-0.2, -0.15) is 5.10 Å². The molecule has 2 rings (SSSR count). The quantitative estimate of drug-likeness (QED) is 0.506. The first-order chi connectivity index (χ1) is 9.69. The monoisotopic (exact) mass is 273 g/mol. The number of methoxy groups -OCH3 is 1. The van der Waals surface area contributed by atoms with Crippen LogP contribution in [0.1, 0.15) is 5.69 Å². The topological polar surface area (TPSA) is 103 Å². The second-order valence-corrected chi connectivity index (χ2v) is 3.65. The van der Waals surface area contributed by atoms with Gasteiger partial charge < -0.3 is 4.74 Å². The van der Waals surface area contributed by atoms with E-state index in [1.807, 2.05) is 0 Å². The molecule has 1 N–H and O–H groups in total. The predicted molar refractivity (Wildman–Crippen MR) is 72.9 cm³/mol. The van der Waals surface area contributed by atoms with E-state index in [1.165, 1.54) is 18.3 Å². The highest BCUT2D eigenvalue weighted by Crippen LogP contribution is 2.11. The van der Waals surface area contributed by atoms with Gasteiger partial charge in [0.25, 0.3) is 5.69 Å². The molecule has 0 atom stereocenters. The van der Waals surface area contributed by atoms with Crippen LogP contribution in [0.3, 0.4) is 0 Å². The Morgan fingerprint density at radius 3 is 2.70 bits per heavy atom. The molecule has 0 aromatic carbocycles. The van der Waals surface area contributed by atoms with Crippen LogP contribution in [-0.2, 0) is 0 Å². The van der Waals surface area contributed by atoms with E-state index in [9.17, 15) is 10.1 Å². The maximum absolute atomic E-state index is 10.5. The van der Waals surface area contributed by atoms with E-state index in [-0.39, 0.29) is 5.69 Å². The summed E-state index contributed by atoms with van der Waals surface area (Å²) in [6.45, 7) is 0. The molecular weight excluding hydrogens is 262 g/mol. The molecule has 0 aliphatic carbocycles. The molecular formula is C12H11N5O3. The lowest BCUT2D eigenvalue weighted by molar-refractivity contribution is -0.385. The molecule has 2 aromatic rings. The van der Waals surface area contributed by atoms with Crippen LogP contribution in [0, 0.1) is 10.1 Å². The van der Waals surface area contributed by atoms with Gasteiger partial charge in [-0.3, -0.25) is 20.5 Å². The molecule has 0 unspecified atom stereocenters. The van der Waals surface area contributed by atoms with E-state index in [0.717, 1.165) is 6.20 Å². The number of anilines is 1. The van der Waals surface area contributed by atoms with Crippen LogP contribution in [0.15, 0.2) is 41.8 Å². The van der Waals surface area contributed by atoms with Crippen molar-refractivity contribution in [3.05, 3.63) is 52.5 Å². The molecule has 20 heavy (non-hydrogen) atoms. The summed E-state index contributed by atoms with van der Waals surface area (Å²) in [6.07, 6.45) is 4.23. The van der Waals surface area contributed by atoms with Crippen LogP contribution >= 0.6 is 0 Å². The van der Waals surface area contributed by atoms with E-state index >= 15 is 0 Å². The molecule has 102 valence electrons. The van der Waals surface area contributed by atoms with Gasteiger partial charge in [-0.25, -0.2) is 4.98 Å². The van der Waals surface area contributed by atoms with Gasteiger partial charge in [0.1, 0.15) is 17.8 Å². The number of aromatic nitrogens is 2. The van der Waals surface area contributed by atoms with Crippen molar-refractivity contribution >= 4 is 17.7 Å². The van der Waals surface area contributed by atoms with Gasteiger partial charge in [-0.05, 0) is 18.2 Å². The first-order valence-corrected chi connectivity index (χ1v) is 5.58. The molecule has 2 heterocycles. The summed E-state index contributed by atoms with van der Waals surface area (Å²) in [4.78, 5) is 17.9. The lowest BCUT2D eigenvalue weighted by Gasteiger charge is -1.99. The summed E-state index contributed by atoms with van der Waals surface area (Å²) in [5.41, 5.74) is 3.22. The molecule has 8 heteroatoms. The number of hydrogen-bond donors (Lipinski definition) is 1. The zero-order valence-electron chi connectivity index (χ0n) is 10.6. The second-order valence-electron chi connectivity index (χ2n) is 3.65. The minimum absolute atomic E-state index is 0.0728. The van der Waals surface area contributed by atoms with Crippen molar-refractivity contribution in [1.82, 2.24) is 9.97 Å². The first-order valence-electron chi connectivity index (χ1n) is 5.58. The summed E-state index contributed by atoms with van der Waals surface area (Å²) in [7, 11) is 1.56. The Labute approximate surface area is 114 Å². The van der Waals surface area contributed by atoms with E-state index in [4.69, 9.17) is 4.74 Å². The van der Waals surface area contributed by atoms with Gasteiger partial charge in [-0.1, -0.05) is 0 Å². The summed E-state index contributed by atoms with van der Waals surface area (Å²) in [6, 6.07) is 6.32. The predicted octanol–water partition coefficient (Wildman–Crippen LogP) is 1.84. The Morgan fingerprint density at radius 2 is 2.15 bits per heavy atom. The largest absolute Gasteiger partial charge is 0.495 e. The Balaban J connectivity index is 1.96. The Kier molecular flexibility index (Phi) is 4.17. The van der Waals surface area contributed by atoms with Gasteiger partial charge in [-0.15, -0.1) is 0 Å². The highest BCUT2D eigenvalue weighted by molar-refractivity contribution is 5.77. The van der Waals surface area contributed by atoms with E-state index in [1.54, 1.807) is 25.4 Å². The average molecular weight is 273 g/mol. The van der Waals surface area contributed by atoms with Crippen LogP contribution < -0.4 is 10.2 Å². The summed E-state index contributed by atoms with van der Waals surface area (Å²) < 4.78 is 4.99. The van der Waals surface area contributed by atoms with Crippen molar-refractivity contribution < 1.29 is 9.66 Å². The van der Waals surface area contributed by atoms with E-state index in [0.29, 0.717) is 17.3 Å². The molecule has 0 saturated carbocycles. The highest BCUT2D eigenvalue weighted by Gasteiger charge is 2.04. The third kappa shape index (κ3) is 3.48. The molecule has 0 aliphatic rings. The third-order valence-corrected chi connectivity index (χ3v) is 2.33. The third-order valence-electron chi connectivity index (χ3n) is 2.33. The van der Waals surface area contributed by atoms with Crippen LogP contribution in [0.2, 0.25) is 0 Å². The van der Waals surface area contributed by atoms with Gasteiger partial charge >= 0.3 is 0 Å². The van der Waals surface area contributed by atoms with Crippen molar-refractivity contribution in [2.24, 2.45) is 5.10 Å². The van der Waals surface area contributed by atoms with Gasteiger partial charge in [0.2, 0.25) is 0 Å². The van der Waals surface area contributed by atoms with E-state index < -0.39 is 4.92 Å². The standard InChI is InChI=1S/C12H11N5O3/c1-20-11-4-2-9(13-8-11)6-15-16-12-5-3-10(7-14-12)17(18)19/h2-8H,1H3,(H,14,16)/b15-6+. The van der Waals surface area contributed by atoms with Crippen molar-refractivity contribution in [1.29, 1.82) is 0 Å². The van der Waals surface area contributed by atoms with Crippen molar-refractivity contribution in [3.63, 3.8) is 0 Å². The fourth-order valence-corrected chi connectivity index (χ4v) is 1.31. The number of nitro groups is 1. The smallest absolute Gasteiger partial charge is 0.287 e. The maximum atomic E-state index is 10.5. The first kappa shape index (κ1) is 13.4. The Bertz CT molecular complexity index is 610. The number of ether oxygens (including phenoxy) is 1. The molecule has 8 nitrogen and oxygen atoms in total. The molecule has 0 bridgehead atoms. The summed E-state index contributed by atoms with van der Waals surface area (Å²) in [5.74, 6) is 1.06. The van der Waals surface area contributed by atoms with E-state index in [2.05, 4.69) is 20.5 Å². The van der Waals surface area contributed by atoms with Gasteiger partial charge in [0.15, 0.2) is 0 Å². The lowest BCUT2D eigenvalue weighted by Crippen LogP contribution is -1.96. The van der Waals surface area contributed by atoms with Gasteiger partial charge in [0.05, 0.1) is 30.1 Å². The Morgan fingerprint density at radius 1 is 1.30 bits per heavy atom. The number of rotatable bonds is 5. The second kappa shape index (κ2) is 6.23. The van der Waals surface area contributed by atoms with Crippen molar-refractivity contribution in [2.75, 3.05) is 12.5 Å². The lowest BCUT2D eigenvalue weighted by atomic mass is 10.3. The van der Waals surface area contributed by atoms with Crippen LogP contribution in [0.25, 0.3) is 0 Å². The average Bonchev–Trinajstić information content (AvgIpc) is 2.48. The number of nitrogens with one attached hydrogen (secondary N) is 1. The van der Waals surface area contributed by atoms with Crippen LogP contribution in [-0.4, -0.2) is 28.2 Å². The summed E-state index contributed by atoms with van der Waals surface area (Å²) in [5, 5.41) is 14.4. The maximum Gasteiger partial charge on any atom is 0.287 e. The molecule has 0 saturated heterocycles. The molecule has 0 radical (unpaired) electrons. The molecule has 0 amide bonds. The van der Waals surface area contributed by atoms with Crippen molar-refractivity contribution in [2.45, 2.75) is 0 Å². The molecule has 0 aliphatic heterocycles. The number of hydrogen-bond acceptors (Lipinski definition) is 7. The zero-order chi connectivity index (χ0) is 14.4. The number of hydrazone groups is 1. The van der Waals surface area contributed by atoms with Gasteiger partial charge in [0, 0.05) is 6.07 Å². The van der Waals surface area contributed by atoms with Crippen LogP contribution in [0.5, 0.6) is 5.75 Å². The van der Waals surface area contributed by atoms with Crippen molar-refractivity contribution in [3.8, 4) is 5.75 Å². The minimum Gasteiger partial charge on any atom is -0.495 e. The zero-order valence-corrected chi connectivity index (χ0v) is 10.6.